The quantitative estimate of drug-likeness (QED) is 0.559. The lowest BCUT2D eigenvalue weighted by Crippen LogP contribution is -2.23. The van der Waals surface area contributed by atoms with E-state index in [9.17, 15) is 22.4 Å². The van der Waals surface area contributed by atoms with E-state index in [1.54, 1.807) is 6.92 Å². The number of nitrogens with one attached hydrogen (secondary N) is 1. The molecule has 1 heterocycles. The SMILES string of the molecule is COC(=O)c1c(C(F)(F)F)cc(-c2ccc(C)c(F)c2)nc1NC1CCCC1. The van der Waals surface area contributed by atoms with E-state index < -0.39 is 29.1 Å². The van der Waals surface area contributed by atoms with Gasteiger partial charge in [0.2, 0.25) is 0 Å². The number of ether oxygens (including phenoxy) is 1. The van der Waals surface area contributed by atoms with E-state index in [2.05, 4.69) is 15.0 Å². The topological polar surface area (TPSA) is 51.2 Å². The number of hydrogen-bond donors (Lipinski definition) is 1. The number of hydrogen-bond acceptors (Lipinski definition) is 4. The fourth-order valence-electron chi connectivity index (χ4n) is 3.35. The van der Waals surface area contributed by atoms with Crippen LogP contribution in [0.1, 0.15) is 47.2 Å². The molecule has 0 radical (unpaired) electrons. The van der Waals surface area contributed by atoms with Gasteiger partial charge in [0.25, 0.3) is 0 Å². The molecule has 0 atom stereocenters. The standard InChI is InChI=1S/C20H20F4N2O2/c1-11-7-8-12(9-15(11)21)16-10-14(20(22,23)24)17(19(27)28-2)18(26-16)25-13-5-3-4-6-13/h7-10,13H,3-6H2,1-2H3,(H,25,26). The smallest absolute Gasteiger partial charge is 0.417 e. The van der Waals surface area contributed by atoms with Crippen molar-refractivity contribution in [3.05, 3.63) is 46.8 Å². The lowest BCUT2D eigenvalue weighted by Gasteiger charge is -2.20. The number of esters is 1. The number of methoxy groups -OCH3 is 1. The Morgan fingerprint density at radius 1 is 1.21 bits per heavy atom. The molecule has 1 aliphatic rings. The predicted octanol–water partition coefficient (Wildman–Crippen LogP) is 5.36. The van der Waals surface area contributed by atoms with Gasteiger partial charge in [0.1, 0.15) is 17.2 Å². The number of nitrogens with zero attached hydrogens (tertiary/aromatic N) is 1. The highest BCUT2D eigenvalue weighted by Gasteiger charge is 2.39. The van der Waals surface area contributed by atoms with Crippen molar-refractivity contribution in [3.8, 4) is 11.3 Å². The van der Waals surface area contributed by atoms with Crippen LogP contribution in [0.15, 0.2) is 24.3 Å². The third-order valence-corrected chi connectivity index (χ3v) is 4.88. The molecule has 3 rings (SSSR count). The van der Waals surface area contributed by atoms with Gasteiger partial charge in [-0.05, 0) is 37.5 Å². The number of carbonyl (C=O) groups is 1. The van der Waals surface area contributed by atoms with Crippen molar-refractivity contribution in [3.63, 3.8) is 0 Å². The Labute approximate surface area is 159 Å². The van der Waals surface area contributed by atoms with Crippen molar-refractivity contribution < 1.29 is 27.1 Å². The maximum absolute atomic E-state index is 13.9. The van der Waals surface area contributed by atoms with Crippen LogP contribution in [0.25, 0.3) is 11.3 Å². The predicted molar refractivity (Wildman–Crippen MR) is 96.6 cm³/mol. The maximum Gasteiger partial charge on any atom is 0.417 e. The van der Waals surface area contributed by atoms with Gasteiger partial charge in [0, 0.05) is 11.6 Å². The first-order valence-electron chi connectivity index (χ1n) is 8.94. The van der Waals surface area contributed by atoms with E-state index in [4.69, 9.17) is 0 Å². The van der Waals surface area contributed by atoms with Crippen LogP contribution in [-0.2, 0) is 10.9 Å². The molecule has 0 bridgehead atoms. The Kier molecular flexibility index (Phi) is 5.58. The van der Waals surface area contributed by atoms with E-state index in [-0.39, 0.29) is 23.1 Å². The van der Waals surface area contributed by atoms with Crippen LogP contribution in [0.3, 0.4) is 0 Å². The van der Waals surface area contributed by atoms with E-state index in [0.29, 0.717) is 5.56 Å². The number of carbonyl (C=O) groups excluding carboxylic acids is 1. The monoisotopic (exact) mass is 396 g/mol. The first kappa shape index (κ1) is 20.1. The normalized spacial score (nSPS) is 14.9. The molecule has 1 aromatic carbocycles. The number of rotatable bonds is 4. The number of aromatic nitrogens is 1. The molecule has 1 fully saturated rings. The van der Waals surface area contributed by atoms with E-state index in [1.807, 2.05) is 0 Å². The molecule has 28 heavy (non-hydrogen) atoms. The highest BCUT2D eigenvalue weighted by atomic mass is 19.4. The van der Waals surface area contributed by atoms with Crippen LogP contribution in [0.2, 0.25) is 0 Å². The summed E-state index contributed by atoms with van der Waals surface area (Å²) in [6.45, 7) is 1.56. The van der Waals surface area contributed by atoms with Crippen molar-refractivity contribution in [2.75, 3.05) is 12.4 Å². The molecule has 0 unspecified atom stereocenters. The number of pyridine rings is 1. The first-order valence-corrected chi connectivity index (χ1v) is 8.94. The molecule has 1 saturated carbocycles. The zero-order valence-electron chi connectivity index (χ0n) is 15.5. The molecular weight excluding hydrogens is 376 g/mol. The van der Waals surface area contributed by atoms with Crippen LogP contribution in [0.4, 0.5) is 23.4 Å². The van der Waals surface area contributed by atoms with Gasteiger partial charge in [0.05, 0.1) is 18.4 Å². The van der Waals surface area contributed by atoms with Crippen molar-refractivity contribution in [1.29, 1.82) is 0 Å². The minimum absolute atomic E-state index is 0.0700. The van der Waals surface area contributed by atoms with Crippen LogP contribution in [-0.4, -0.2) is 24.1 Å². The summed E-state index contributed by atoms with van der Waals surface area (Å²) in [6, 6.07) is 4.78. The summed E-state index contributed by atoms with van der Waals surface area (Å²) in [5.74, 6) is -1.86. The second-order valence-electron chi connectivity index (χ2n) is 6.86. The number of anilines is 1. The highest BCUT2D eigenvalue weighted by Crippen LogP contribution is 2.38. The summed E-state index contributed by atoms with van der Waals surface area (Å²) in [4.78, 5) is 16.4. The lowest BCUT2D eigenvalue weighted by molar-refractivity contribution is -0.138. The largest absolute Gasteiger partial charge is 0.465 e. The number of halogens is 4. The number of alkyl halides is 3. The molecule has 1 aliphatic carbocycles. The van der Waals surface area contributed by atoms with Gasteiger partial charge in [-0.2, -0.15) is 13.2 Å². The third-order valence-electron chi connectivity index (χ3n) is 4.88. The maximum atomic E-state index is 13.9. The van der Waals surface area contributed by atoms with Crippen molar-refractivity contribution in [2.45, 2.75) is 44.8 Å². The van der Waals surface area contributed by atoms with Gasteiger partial charge >= 0.3 is 12.1 Å². The molecular formula is C20H20F4N2O2. The molecule has 1 N–H and O–H groups in total. The summed E-state index contributed by atoms with van der Waals surface area (Å²) in [6.07, 6.45) is -1.38. The van der Waals surface area contributed by atoms with Gasteiger partial charge < -0.3 is 10.1 Å². The zero-order chi connectivity index (χ0) is 20.5. The Hall–Kier alpha value is -2.64. The number of aryl methyl sites for hydroxylation is 1. The minimum Gasteiger partial charge on any atom is -0.465 e. The van der Waals surface area contributed by atoms with E-state index >= 15 is 0 Å². The van der Waals surface area contributed by atoms with Gasteiger partial charge in [-0.15, -0.1) is 0 Å². The average Bonchev–Trinajstić information content (AvgIpc) is 3.15. The molecule has 0 saturated heterocycles. The fourth-order valence-corrected chi connectivity index (χ4v) is 3.35. The Morgan fingerprint density at radius 2 is 1.89 bits per heavy atom. The Morgan fingerprint density at radius 3 is 2.46 bits per heavy atom. The van der Waals surface area contributed by atoms with Gasteiger partial charge in [0.15, 0.2) is 0 Å². The molecule has 4 nitrogen and oxygen atoms in total. The minimum atomic E-state index is -4.81. The molecule has 0 amide bonds. The molecule has 1 aromatic heterocycles. The van der Waals surface area contributed by atoms with Gasteiger partial charge in [-0.25, -0.2) is 14.2 Å². The summed E-state index contributed by atoms with van der Waals surface area (Å²) in [7, 11) is 1.02. The van der Waals surface area contributed by atoms with Gasteiger partial charge in [-0.1, -0.05) is 25.0 Å². The molecule has 150 valence electrons. The Balaban J connectivity index is 2.20. The number of benzene rings is 1. The summed E-state index contributed by atoms with van der Waals surface area (Å²) in [5.41, 5.74) is -1.32. The molecule has 0 spiro atoms. The van der Waals surface area contributed by atoms with E-state index in [1.165, 1.54) is 12.1 Å². The van der Waals surface area contributed by atoms with Crippen LogP contribution in [0, 0.1) is 12.7 Å². The summed E-state index contributed by atoms with van der Waals surface area (Å²) >= 11 is 0. The molecule has 2 aromatic rings. The summed E-state index contributed by atoms with van der Waals surface area (Å²) < 4.78 is 59.7. The molecule has 0 aliphatic heterocycles. The van der Waals surface area contributed by atoms with Crippen LogP contribution in [0.5, 0.6) is 0 Å². The highest BCUT2D eigenvalue weighted by molar-refractivity contribution is 5.97. The Bertz CT molecular complexity index is 891. The second kappa shape index (κ2) is 7.77. The van der Waals surface area contributed by atoms with Crippen LogP contribution >= 0.6 is 0 Å². The third kappa shape index (κ3) is 4.10. The first-order chi connectivity index (χ1) is 13.2. The average molecular weight is 396 g/mol. The van der Waals surface area contributed by atoms with Crippen molar-refractivity contribution >= 4 is 11.8 Å². The second-order valence-corrected chi connectivity index (χ2v) is 6.86. The van der Waals surface area contributed by atoms with E-state index in [0.717, 1.165) is 44.9 Å². The zero-order valence-corrected chi connectivity index (χ0v) is 15.5. The lowest BCUT2D eigenvalue weighted by atomic mass is 10.0. The van der Waals surface area contributed by atoms with Gasteiger partial charge in [-0.3, -0.25) is 0 Å². The fraction of sp³-hybridized carbons (Fsp3) is 0.400. The van der Waals surface area contributed by atoms with Crippen molar-refractivity contribution in [2.24, 2.45) is 0 Å². The van der Waals surface area contributed by atoms with Crippen molar-refractivity contribution in [1.82, 2.24) is 4.98 Å². The summed E-state index contributed by atoms with van der Waals surface area (Å²) in [5, 5.41) is 2.97. The van der Waals surface area contributed by atoms with Crippen LogP contribution < -0.4 is 5.32 Å². The molecule has 8 heteroatoms.